The number of fused-ring (bicyclic) bond motifs is 1. The summed E-state index contributed by atoms with van der Waals surface area (Å²) in [5, 5.41) is 0.958. The van der Waals surface area contributed by atoms with E-state index >= 15 is 4.39 Å². The Morgan fingerprint density at radius 3 is 2.59 bits per heavy atom. The van der Waals surface area contributed by atoms with Gasteiger partial charge in [-0.15, -0.1) is 0 Å². The minimum absolute atomic E-state index is 0.342. The molecule has 0 saturated carbocycles. The lowest BCUT2D eigenvalue weighted by Gasteiger charge is -2.36. The van der Waals surface area contributed by atoms with E-state index in [2.05, 4.69) is 22.9 Å². The number of likely N-dealkylation sites (tertiary alicyclic amines) is 1. The molecular formula is C22H23FN2O2. The maximum Gasteiger partial charge on any atom is 0.336 e. The normalized spacial score (nSPS) is 17.3. The van der Waals surface area contributed by atoms with E-state index in [1.54, 1.807) is 24.4 Å². The Kier molecular flexibility index (Phi) is 4.56. The van der Waals surface area contributed by atoms with Gasteiger partial charge in [-0.2, -0.15) is 0 Å². The van der Waals surface area contributed by atoms with Crippen LogP contribution in [0.25, 0.3) is 11.0 Å². The first-order valence-electron chi connectivity index (χ1n) is 9.31. The van der Waals surface area contributed by atoms with Crippen LogP contribution in [0.4, 0.5) is 4.39 Å². The Bertz CT molecular complexity index is 1020. The van der Waals surface area contributed by atoms with Gasteiger partial charge in [0, 0.05) is 37.3 Å². The SMILES string of the molecule is Cc1cc2oc(=O)cc(CN3CCC(F)(c4ccccn4)CC3)c2cc1C. The molecular weight excluding hydrogens is 343 g/mol. The van der Waals surface area contributed by atoms with Crippen molar-refractivity contribution in [3.63, 3.8) is 0 Å². The summed E-state index contributed by atoms with van der Waals surface area (Å²) in [7, 11) is 0. The van der Waals surface area contributed by atoms with Gasteiger partial charge in [-0.1, -0.05) is 6.07 Å². The van der Waals surface area contributed by atoms with Crippen molar-refractivity contribution in [2.75, 3.05) is 13.1 Å². The Labute approximate surface area is 157 Å². The fraction of sp³-hybridized carbons (Fsp3) is 0.364. The second-order valence-corrected chi connectivity index (χ2v) is 7.48. The number of hydrogen-bond donors (Lipinski definition) is 0. The maximum atomic E-state index is 15.3. The van der Waals surface area contributed by atoms with Crippen LogP contribution < -0.4 is 5.63 Å². The number of alkyl halides is 1. The summed E-state index contributed by atoms with van der Waals surface area (Å²) < 4.78 is 20.7. The molecule has 1 aliphatic heterocycles. The van der Waals surface area contributed by atoms with E-state index in [0.717, 1.165) is 22.1 Å². The molecule has 140 valence electrons. The van der Waals surface area contributed by atoms with Crippen LogP contribution in [0, 0.1) is 13.8 Å². The van der Waals surface area contributed by atoms with Crippen molar-refractivity contribution >= 4 is 11.0 Å². The van der Waals surface area contributed by atoms with Gasteiger partial charge in [-0.25, -0.2) is 9.18 Å². The largest absolute Gasteiger partial charge is 0.423 e. The highest BCUT2D eigenvalue weighted by atomic mass is 19.1. The van der Waals surface area contributed by atoms with Crippen molar-refractivity contribution in [3.05, 3.63) is 75.4 Å². The molecule has 3 aromatic rings. The Hall–Kier alpha value is -2.53. The predicted molar refractivity (Wildman–Crippen MR) is 103 cm³/mol. The van der Waals surface area contributed by atoms with Crippen LogP contribution in [-0.4, -0.2) is 23.0 Å². The van der Waals surface area contributed by atoms with E-state index in [4.69, 9.17) is 4.42 Å². The number of nitrogens with zero attached hydrogens (tertiary/aromatic N) is 2. The number of benzene rings is 1. The van der Waals surface area contributed by atoms with Gasteiger partial charge in [0.15, 0.2) is 5.67 Å². The number of pyridine rings is 1. The average molecular weight is 366 g/mol. The maximum absolute atomic E-state index is 15.3. The highest BCUT2D eigenvalue weighted by molar-refractivity contribution is 5.81. The van der Waals surface area contributed by atoms with E-state index in [9.17, 15) is 4.79 Å². The molecule has 27 heavy (non-hydrogen) atoms. The Balaban J connectivity index is 1.56. The highest BCUT2D eigenvalue weighted by Crippen LogP contribution is 2.36. The summed E-state index contributed by atoms with van der Waals surface area (Å²) in [6, 6.07) is 10.9. The molecule has 4 nitrogen and oxygen atoms in total. The van der Waals surface area contributed by atoms with Crippen molar-refractivity contribution in [2.45, 2.75) is 38.9 Å². The fourth-order valence-corrected chi connectivity index (χ4v) is 3.80. The zero-order chi connectivity index (χ0) is 19.0. The standard InChI is InChI=1S/C22H23FN2O2/c1-15-11-18-17(13-21(26)27-19(18)12-16(15)2)14-25-9-6-22(23,7-10-25)20-5-3-4-8-24-20/h3-5,8,11-13H,6-7,9-10,14H2,1-2H3. The van der Waals surface area contributed by atoms with Crippen LogP contribution >= 0.6 is 0 Å². The molecule has 0 N–H and O–H groups in total. The molecule has 0 unspecified atom stereocenters. The van der Waals surface area contributed by atoms with Crippen molar-refractivity contribution in [1.82, 2.24) is 9.88 Å². The van der Waals surface area contributed by atoms with Gasteiger partial charge in [0.05, 0.1) is 5.69 Å². The topological polar surface area (TPSA) is 46.3 Å². The third-order valence-electron chi connectivity index (χ3n) is 5.61. The van der Waals surface area contributed by atoms with Crippen LogP contribution in [0.2, 0.25) is 0 Å². The summed E-state index contributed by atoms with van der Waals surface area (Å²) in [6.07, 6.45) is 2.45. The van der Waals surface area contributed by atoms with E-state index < -0.39 is 5.67 Å². The highest BCUT2D eigenvalue weighted by Gasteiger charge is 2.37. The zero-order valence-corrected chi connectivity index (χ0v) is 15.7. The van der Waals surface area contributed by atoms with Gasteiger partial charge in [-0.05, 0) is 67.6 Å². The number of aryl methyl sites for hydroxylation is 2. The van der Waals surface area contributed by atoms with Crippen molar-refractivity contribution in [1.29, 1.82) is 0 Å². The van der Waals surface area contributed by atoms with Crippen LogP contribution in [0.5, 0.6) is 0 Å². The van der Waals surface area contributed by atoms with E-state index in [1.807, 2.05) is 19.1 Å². The fourth-order valence-electron chi connectivity index (χ4n) is 3.80. The lowest BCUT2D eigenvalue weighted by molar-refractivity contribution is 0.0491. The first-order valence-corrected chi connectivity index (χ1v) is 9.31. The molecule has 2 aromatic heterocycles. The van der Waals surface area contributed by atoms with Crippen LogP contribution in [-0.2, 0) is 12.2 Å². The summed E-state index contributed by atoms with van der Waals surface area (Å²) in [4.78, 5) is 18.4. The second-order valence-electron chi connectivity index (χ2n) is 7.48. The van der Waals surface area contributed by atoms with Crippen LogP contribution in [0.15, 0.2) is 51.8 Å². The van der Waals surface area contributed by atoms with E-state index in [0.29, 0.717) is 43.8 Å². The molecule has 0 radical (unpaired) electrons. The van der Waals surface area contributed by atoms with E-state index in [-0.39, 0.29) is 5.63 Å². The molecule has 0 amide bonds. The number of halogens is 1. The van der Waals surface area contributed by atoms with Crippen molar-refractivity contribution in [2.24, 2.45) is 0 Å². The van der Waals surface area contributed by atoms with Gasteiger partial charge in [0.1, 0.15) is 5.58 Å². The quantitative estimate of drug-likeness (QED) is 0.650. The Morgan fingerprint density at radius 1 is 1.15 bits per heavy atom. The average Bonchev–Trinajstić information content (AvgIpc) is 2.66. The molecule has 1 aliphatic rings. The molecule has 1 aromatic carbocycles. The molecule has 1 fully saturated rings. The van der Waals surface area contributed by atoms with Crippen LogP contribution in [0.1, 0.15) is 35.2 Å². The third-order valence-corrected chi connectivity index (χ3v) is 5.61. The minimum atomic E-state index is -1.37. The van der Waals surface area contributed by atoms with Gasteiger partial charge in [0.25, 0.3) is 0 Å². The molecule has 0 atom stereocenters. The second kappa shape index (κ2) is 6.89. The summed E-state index contributed by atoms with van der Waals surface area (Å²) in [5.74, 6) is 0. The number of aromatic nitrogens is 1. The molecule has 3 heterocycles. The molecule has 4 rings (SSSR count). The number of hydrogen-bond acceptors (Lipinski definition) is 4. The predicted octanol–water partition coefficient (Wildman–Crippen LogP) is 4.27. The van der Waals surface area contributed by atoms with Crippen LogP contribution in [0.3, 0.4) is 0 Å². The van der Waals surface area contributed by atoms with E-state index in [1.165, 1.54) is 0 Å². The summed E-state index contributed by atoms with van der Waals surface area (Å²) in [6.45, 7) is 5.92. The smallest absolute Gasteiger partial charge is 0.336 e. The Morgan fingerprint density at radius 2 is 1.89 bits per heavy atom. The summed E-state index contributed by atoms with van der Waals surface area (Å²) >= 11 is 0. The van der Waals surface area contributed by atoms with Crippen molar-refractivity contribution in [3.8, 4) is 0 Å². The molecule has 5 heteroatoms. The zero-order valence-electron chi connectivity index (χ0n) is 15.7. The lowest BCUT2D eigenvalue weighted by Crippen LogP contribution is -2.40. The first kappa shape index (κ1) is 17.9. The third kappa shape index (κ3) is 3.52. The lowest BCUT2D eigenvalue weighted by atomic mass is 9.89. The summed E-state index contributed by atoms with van der Waals surface area (Å²) in [5.41, 5.74) is 2.61. The van der Waals surface area contributed by atoms with Gasteiger partial charge >= 0.3 is 5.63 Å². The monoisotopic (exact) mass is 366 g/mol. The van der Waals surface area contributed by atoms with Gasteiger partial charge in [-0.3, -0.25) is 9.88 Å². The number of rotatable bonds is 3. The van der Waals surface area contributed by atoms with Crippen molar-refractivity contribution < 1.29 is 8.81 Å². The minimum Gasteiger partial charge on any atom is -0.423 e. The van der Waals surface area contributed by atoms with Gasteiger partial charge < -0.3 is 4.42 Å². The van der Waals surface area contributed by atoms with Gasteiger partial charge in [0.2, 0.25) is 0 Å². The molecule has 0 bridgehead atoms. The molecule has 1 saturated heterocycles. The first-order chi connectivity index (χ1) is 12.9. The molecule has 0 spiro atoms. The molecule has 0 aliphatic carbocycles. The number of piperidine rings is 1.